The van der Waals surface area contributed by atoms with Crippen LogP contribution in [0.25, 0.3) is 11.0 Å². The number of ether oxygens (including phenoxy) is 1. The second kappa shape index (κ2) is 7.32. The number of hydrogen-bond acceptors (Lipinski definition) is 6. The van der Waals surface area contributed by atoms with Gasteiger partial charge in [-0.05, 0) is 28.1 Å². The molecule has 1 aliphatic rings. The van der Waals surface area contributed by atoms with Crippen LogP contribution < -0.4 is 20.5 Å². The average molecular weight is 461 g/mol. The van der Waals surface area contributed by atoms with Crippen LogP contribution in [0.5, 0.6) is 5.75 Å². The van der Waals surface area contributed by atoms with E-state index in [2.05, 4.69) is 31.3 Å². The number of hydrogen-bond donors (Lipinski definition) is 1. The fourth-order valence-electron chi connectivity index (χ4n) is 3.25. The zero-order chi connectivity index (χ0) is 20.7. The maximum absolute atomic E-state index is 13.1. The molecule has 3 heterocycles. The molecule has 0 saturated heterocycles. The zero-order valence-electron chi connectivity index (χ0n) is 15.6. The van der Waals surface area contributed by atoms with Crippen LogP contribution in [0, 0.1) is 0 Å². The highest BCUT2D eigenvalue weighted by molar-refractivity contribution is 9.10. The van der Waals surface area contributed by atoms with E-state index in [1.165, 1.54) is 27.5 Å². The van der Waals surface area contributed by atoms with E-state index in [4.69, 9.17) is 4.74 Å². The van der Waals surface area contributed by atoms with E-state index in [-0.39, 0.29) is 30.5 Å². The average Bonchev–Trinajstić information content (AvgIpc) is 3.02. The maximum atomic E-state index is 13.1. The largest absolute Gasteiger partial charge is 0.477 e. The van der Waals surface area contributed by atoms with E-state index in [9.17, 15) is 14.4 Å². The molecule has 11 heteroatoms. The molecule has 4 rings (SSSR count). The molecule has 0 fully saturated rings. The number of para-hydroxylation sites is 2. The molecule has 1 unspecified atom stereocenters. The van der Waals surface area contributed by atoms with Crippen molar-refractivity contribution in [2.24, 2.45) is 7.05 Å². The number of aromatic nitrogens is 4. The van der Waals surface area contributed by atoms with Crippen LogP contribution in [-0.2, 0) is 23.2 Å². The summed E-state index contributed by atoms with van der Waals surface area (Å²) in [5.41, 5.74) is 0.581. The lowest BCUT2D eigenvalue weighted by molar-refractivity contribution is -0.128. The van der Waals surface area contributed by atoms with Crippen LogP contribution in [0.3, 0.4) is 0 Å². The number of benzene rings is 1. The Balaban J connectivity index is 1.68. The number of carbonyl (C=O) groups excluding carboxylic acids is 2. The van der Waals surface area contributed by atoms with Crippen LogP contribution >= 0.6 is 15.9 Å². The topological polar surface area (TPSA) is 111 Å². The van der Waals surface area contributed by atoms with E-state index in [1.807, 2.05) is 0 Å². The summed E-state index contributed by atoms with van der Waals surface area (Å²) in [5, 5.41) is 6.96. The van der Waals surface area contributed by atoms with Gasteiger partial charge in [-0.15, -0.1) is 0 Å². The lowest BCUT2D eigenvalue weighted by Gasteiger charge is -2.34. The molecule has 0 aliphatic carbocycles. The van der Waals surface area contributed by atoms with Crippen molar-refractivity contribution in [3.8, 4) is 5.75 Å². The van der Waals surface area contributed by atoms with Crippen molar-refractivity contribution in [2.45, 2.75) is 12.6 Å². The van der Waals surface area contributed by atoms with Gasteiger partial charge in [-0.25, -0.2) is 9.67 Å². The quantitative estimate of drug-likeness (QED) is 0.606. The smallest absolute Gasteiger partial charge is 0.266 e. The number of nitrogens with zero attached hydrogens (tertiary/aromatic N) is 5. The number of carbonyl (C=O) groups is 2. The molecule has 0 bridgehead atoms. The fourth-order valence-corrected chi connectivity index (χ4v) is 3.83. The lowest BCUT2D eigenvalue weighted by Crippen LogP contribution is -2.51. The number of rotatable bonds is 3. The van der Waals surface area contributed by atoms with Crippen molar-refractivity contribution >= 4 is 44.5 Å². The minimum atomic E-state index is -0.844. The Morgan fingerprint density at radius 3 is 2.86 bits per heavy atom. The highest BCUT2D eigenvalue weighted by Crippen LogP contribution is 2.33. The summed E-state index contributed by atoms with van der Waals surface area (Å²) in [6.45, 7) is -0.200. The summed E-state index contributed by atoms with van der Waals surface area (Å²) in [5.74, 6) is -0.272. The number of fused-ring (bicyclic) bond motifs is 2. The molecule has 1 aliphatic heterocycles. The van der Waals surface area contributed by atoms with Crippen LogP contribution in [0.2, 0.25) is 0 Å². The predicted molar refractivity (Wildman–Crippen MR) is 108 cm³/mol. The minimum Gasteiger partial charge on any atom is -0.477 e. The van der Waals surface area contributed by atoms with Gasteiger partial charge < -0.3 is 15.0 Å². The molecule has 150 valence electrons. The maximum Gasteiger partial charge on any atom is 0.266 e. The fraction of sp³-hybridized carbons (Fsp3) is 0.278. The number of likely N-dealkylation sites (N-methyl/N-ethyl adjacent to an activating group) is 1. The van der Waals surface area contributed by atoms with Crippen LogP contribution in [0.15, 0.2) is 40.0 Å². The van der Waals surface area contributed by atoms with Crippen LogP contribution in [0.1, 0.15) is 0 Å². The number of anilines is 1. The lowest BCUT2D eigenvalue weighted by atomic mass is 10.1. The highest BCUT2D eigenvalue weighted by Gasteiger charge is 2.33. The molecule has 29 heavy (non-hydrogen) atoms. The first kappa shape index (κ1) is 19.1. The van der Waals surface area contributed by atoms with Gasteiger partial charge in [0.2, 0.25) is 5.91 Å². The van der Waals surface area contributed by atoms with E-state index in [0.29, 0.717) is 27.1 Å². The molecule has 1 N–H and O–H groups in total. The second-order valence-corrected chi connectivity index (χ2v) is 7.23. The van der Waals surface area contributed by atoms with Crippen molar-refractivity contribution in [1.29, 1.82) is 0 Å². The summed E-state index contributed by atoms with van der Waals surface area (Å²) in [7, 11) is 3.18. The second-order valence-electron chi connectivity index (χ2n) is 6.48. The van der Waals surface area contributed by atoms with Gasteiger partial charge in [0.15, 0.2) is 11.8 Å². The Labute approximate surface area is 173 Å². The standard InChI is InChI=1S/C18H17BrN6O4/c1-20-17(27)12-7-25(10-5-3-4-6-11(10)29-12)13(26)8-24-9-21-16-14(18(24)28)15(19)22-23(16)2/h3-6,9,12H,7-8H2,1-2H3,(H,20,27). The van der Waals surface area contributed by atoms with Gasteiger partial charge >= 0.3 is 0 Å². The van der Waals surface area contributed by atoms with Crippen LogP contribution in [-0.4, -0.2) is 50.8 Å². The molecule has 2 amide bonds. The van der Waals surface area contributed by atoms with E-state index >= 15 is 0 Å². The predicted octanol–water partition coefficient (Wildman–Crippen LogP) is 0.433. The van der Waals surface area contributed by atoms with E-state index in [1.54, 1.807) is 31.3 Å². The van der Waals surface area contributed by atoms with Crippen molar-refractivity contribution in [3.05, 3.63) is 45.5 Å². The zero-order valence-corrected chi connectivity index (χ0v) is 17.2. The Bertz CT molecular complexity index is 1190. The van der Waals surface area contributed by atoms with Crippen LogP contribution in [0.4, 0.5) is 5.69 Å². The highest BCUT2D eigenvalue weighted by atomic mass is 79.9. The number of nitrogens with one attached hydrogen (secondary N) is 1. The summed E-state index contributed by atoms with van der Waals surface area (Å²) >= 11 is 3.26. The third-order valence-electron chi connectivity index (χ3n) is 4.69. The molecule has 1 atom stereocenters. The molecule has 10 nitrogen and oxygen atoms in total. The molecular formula is C18H17BrN6O4. The first-order valence-corrected chi connectivity index (χ1v) is 9.55. The van der Waals surface area contributed by atoms with Crippen molar-refractivity contribution in [1.82, 2.24) is 24.6 Å². The SMILES string of the molecule is CNC(=O)C1CN(C(=O)Cn2cnc3c(c(Br)nn3C)c2=O)c2ccccc2O1. The van der Waals surface area contributed by atoms with E-state index < -0.39 is 6.10 Å². The van der Waals surface area contributed by atoms with Crippen molar-refractivity contribution in [2.75, 3.05) is 18.5 Å². The van der Waals surface area contributed by atoms with E-state index in [0.717, 1.165) is 0 Å². The molecule has 2 aromatic heterocycles. The molecule has 0 saturated carbocycles. The monoisotopic (exact) mass is 460 g/mol. The van der Waals surface area contributed by atoms with Crippen molar-refractivity contribution < 1.29 is 14.3 Å². The van der Waals surface area contributed by atoms with Gasteiger partial charge in [-0.2, -0.15) is 5.10 Å². The van der Waals surface area contributed by atoms with Gasteiger partial charge in [0.05, 0.1) is 12.2 Å². The van der Waals surface area contributed by atoms with Gasteiger partial charge in [0.25, 0.3) is 11.5 Å². The summed E-state index contributed by atoms with van der Waals surface area (Å²) in [4.78, 5) is 43.7. The first-order valence-electron chi connectivity index (χ1n) is 8.76. The van der Waals surface area contributed by atoms with Gasteiger partial charge in [-0.1, -0.05) is 12.1 Å². The first-order chi connectivity index (χ1) is 13.9. The van der Waals surface area contributed by atoms with Gasteiger partial charge in [-0.3, -0.25) is 19.0 Å². The summed E-state index contributed by atoms with van der Waals surface area (Å²) < 4.78 is 8.79. The van der Waals surface area contributed by atoms with Gasteiger partial charge in [0, 0.05) is 14.1 Å². The minimum absolute atomic E-state index is 0.0382. The Morgan fingerprint density at radius 1 is 1.34 bits per heavy atom. The molecule has 3 aromatic rings. The number of aryl methyl sites for hydroxylation is 1. The Kier molecular flexibility index (Phi) is 4.82. The van der Waals surface area contributed by atoms with Gasteiger partial charge in [0.1, 0.15) is 28.6 Å². The molecule has 0 spiro atoms. The molecular weight excluding hydrogens is 444 g/mol. The molecule has 0 radical (unpaired) electrons. The normalized spacial score (nSPS) is 15.7. The summed E-state index contributed by atoms with van der Waals surface area (Å²) in [6, 6.07) is 6.96. The summed E-state index contributed by atoms with van der Waals surface area (Å²) in [6.07, 6.45) is 0.475. The Hall–Kier alpha value is -3.21. The number of halogens is 1. The third-order valence-corrected chi connectivity index (χ3v) is 5.24. The third kappa shape index (κ3) is 3.27. The number of amides is 2. The molecule has 1 aromatic carbocycles. The Morgan fingerprint density at radius 2 is 2.10 bits per heavy atom. The van der Waals surface area contributed by atoms with Crippen molar-refractivity contribution in [3.63, 3.8) is 0 Å².